The number of nitrogens with one attached hydrogen (secondary N) is 1. The summed E-state index contributed by atoms with van der Waals surface area (Å²) in [5, 5.41) is 12.1. The van der Waals surface area contributed by atoms with Gasteiger partial charge in [-0.15, -0.1) is 10.2 Å². The first-order valence-electron chi connectivity index (χ1n) is 12.1. The second-order valence-electron chi connectivity index (χ2n) is 8.68. The molecule has 0 atom stereocenters. The molecular formula is C27H27N5O4S2. The topological polar surface area (TPSA) is 106 Å². The maximum atomic E-state index is 13.2. The lowest BCUT2D eigenvalue weighted by Crippen LogP contribution is -2.27. The molecule has 0 aliphatic carbocycles. The zero-order valence-corrected chi connectivity index (χ0v) is 22.4. The zero-order valence-electron chi connectivity index (χ0n) is 20.8. The first-order chi connectivity index (χ1) is 18.5. The van der Waals surface area contributed by atoms with Crippen molar-refractivity contribution in [2.75, 3.05) is 31.3 Å². The van der Waals surface area contributed by atoms with E-state index in [2.05, 4.69) is 15.5 Å². The number of hydrogen-bond donors (Lipinski definition) is 1. The Bertz CT molecular complexity index is 1520. The van der Waals surface area contributed by atoms with Crippen LogP contribution in [0, 0.1) is 0 Å². The van der Waals surface area contributed by atoms with E-state index in [1.807, 2.05) is 41.0 Å². The quantitative estimate of drug-likeness (QED) is 0.307. The third-order valence-electron chi connectivity index (χ3n) is 6.15. The Hall–Kier alpha value is -3.67. The van der Waals surface area contributed by atoms with Gasteiger partial charge in [0, 0.05) is 30.0 Å². The fourth-order valence-electron chi connectivity index (χ4n) is 4.23. The third kappa shape index (κ3) is 5.59. The second kappa shape index (κ2) is 11.4. The van der Waals surface area contributed by atoms with Gasteiger partial charge in [0.2, 0.25) is 15.9 Å². The summed E-state index contributed by atoms with van der Waals surface area (Å²) < 4.78 is 34.9. The number of anilines is 1. The van der Waals surface area contributed by atoms with E-state index in [9.17, 15) is 13.2 Å². The number of thioether (sulfide) groups is 1. The molecule has 0 radical (unpaired) electrons. The van der Waals surface area contributed by atoms with Crippen LogP contribution < -0.4 is 10.1 Å². The van der Waals surface area contributed by atoms with Crippen LogP contribution >= 0.6 is 11.8 Å². The lowest BCUT2D eigenvalue weighted by Gasteiger charge is -2.16. The van der Waals surface area contributed by atoms with Crippen LogP contribution in [0.4, 0.5) is 5.69 Å². The van der Waals surface area contributed by atoms with Crippen LogP contribution in [0.2, 0.25) is 0 Å². The van der Waals surface area contributed by atoms with Gasteiger partial charge in [-0.05, 0) is 61.4 Å². The molecule has 11 heteroatoms. The van der Waals surface area contributed by atoms with Gasteiger partial charge in [0.05, 0.1) is 17.8 Å². The smallest absolute Gasteiger partial charge is 0.243 e. The summed E-state index contributed by atoms with van der Waals surface area (Å²) in [5.74, 6) is 1.12. The number of sulfonamides is 1. The summed E-state index contributed by atoms with van der Waals surface area (Å²) in [7, 11) is -2.00. The van der Waals surface area contributed by atoms with Crippen LogP contribution in [0.5, 0.6) is 5.75 Å². The van der Waals surface area contributed by atoms with Crippen LogP contribution in [0.3, 0.4) is 0 Å². The van der Waals surface area contributed by atoms with Crippen LogP contribution in [0.25, 0.3) is 17.1 Å². The van der Waals surface area contributed by atoms with Gasteiger partial charge in [-0.1, -0.05) is 42.1 Å². The largest absolute Gasteiger partial charge is 0.497 e. The van der Waals surface area contributed by atoms with E-state index in [0.717, 1.165) is 18.5 Å². The normalized spacial score (nSPS) is 13.9. The molecule has 0 saturated carbocycles. The van der Waals surface area contributed by atoms with E-state index in [0.29, 0.717) is 41.1 Å². The van der Waals surface area contributed by atoms with Crippen molar-refractivity contribution in [2.24, 2.45) is 0 Å². The van der Waals surface area contributed by atoms with E-state index in [1.54, 1.807) is 49.6 Å². The number of rotatable bonds is 9. The lowest BCUT2D eigenvalue weighted by molar-refractivity contribution is -0.113. The van der Waals surface area contributed by atoms with Crippen molar-refractivity contribution in [1.29, 1.82) is 0 Å². The molecule has 38 heavy (non-hydrogen) atoms. The summed E-state index contributed by atoms with van der Waals surface area (Å²) >= 11 is 1.25. The standard InChI is InChI=1S/C27H27N5O4S2/c1-36-23-14-12-21(13-15-23)28-25(33)19-37-27-30-29-26(32(27)22-9-3-2-4-10-22)20-8-7-11-24(18-20)38(34,35)31-16-5-6-17-31/h2-4,7-15,18H,5-6,16-17,19H2,1H3,(H,28,33). The fourth-order valence-corrected chi connectivity index (χ4v) is 6.55. The lowest BCUT2D eigenvalue weighted by atomic mass is 10.2. The maximum Gasteiger partial charge on any atom is 0.243 e. The van der Waals surface area contributed by atoms with Gasteiger partial charge in [0.1, 0.15) is 5.75 Å². The Morgan fingerprint density at radius 3 is 2.42 bits per heavy atom. The summed E-state index contributed by atoms with van der Waals surface area (Å²) in [6, 6.07) is 23.4. The molecule has 1 N–H and O–H groups in total. The van der Waals surface area contributed by atoms with Crippen molar-refractivity contribution >= 4 is 33.4 Å². The molecule has 1 amide bonds. The SMILES string of the molecule is COc1ccc(NC(=O)CSc2nnc(-c3cccc(S(=O)(=O)N4CCCC4)c3)n2-c2ccccc2)cc1. The first kappa shape index (κ1) is 26.0. The van der Waals surface area contributed by atoms with Gasteiger partial charge in [-0.25, -0.2) is 8.42 Å². The number of benzene rings is 3. The Morgan fingerprint density at radius 1 is 0.974 bits per heavy atom. The van der Waals surface area contributed by atoms with Crippen LogP contribution in [0.15, 0.2) is 88.9 Å². The number of methoxy groups -OCH3 is 1. The highest BCUT2D eigenvalue weighted by Gasteiger charge is 2.28. The van der Waals surface area contributed by atoms with Crippen LogP contribution in [-0.4, -0.2) is 59.3 Å². The molecule has 1 aromatic heterocycles. The zero-order chi connectivity index (χ0) is 26.5. The van der Waals surface area contributed by atoms with E-state index in [4.69, 9.17) is 4.74 Å². The third-order valence-corrected chi connectivity index (χ3v) is 8.97. The van der Waals surface area contributed by atoms with Crippen molar-refractivity contribution in [2.45, 2.75) is 22.9 Å². The molecule has 1 saturated heterocycles. The Labute approximate surface area is 225 Å². The van der Waals surface area contributed by atoms with Gasteiger partial charge in [-0.2, -0.15) is 4.31 Å². The van der Waals surface area contributed by atoms with E-state index < -0.39 is 10.0 Å². The Balaban J connectivity index is 1.41. The number of hydrogen-bond acceptors (Lipinski definition) is 7. The Kier molecular flexibility index (Phi) is 7.77. The number of carbonyl (C=O) groups is 1. The predicted molar refractivity (Wildman–Crippen MR) is 147 cm³/mol. The molecule has 196 valence electrons. The summed E-state index contributed by atoms with van der Waals surface area (Å²) in [5.41, 5.74) is 2.09. The second-order valence-corrected chi connectivity index (χ2v) is 11.6. The number of amides is 1. The van der Waals surface area contributed by atoms with Gasteiger partial charge >= 0.3 is 0 Å². The highest BCUT2D eigenvalue weighted by molar-refractivity contribution is 7.99. The predicted octanol–water partition coefficient (Wildman–Crippen LogP) is 4.46. The highest BCUT2D eigenvalue weighted by atomic mass is 32.2. The minimum atomic E-state index is -3.59. The molecule has 1 aliphatic heterocycles. The summed E-state index contributed by atoms with van der Waals surface area (Å²) in [6.45, 7) is 1.07. The van der Waals surface area contributed by atoms with Crippen molar-refractivity contribution in [3.63, 3.8) is 0 Å². The molecule has 1 aliphatic rings. The average molecular weight is 550 g/mol. The molecule has 1 fully saturated rings. The minimum absolute atomic E-state index is 0.111. The maximum absolute atomic E-state index is 13.2. The number of nitrogens with zero attached hydrogens (tertiary/aromatic N) is 4. The van der Waals surface area contributed by atoms with Crippen LogP contribution in [0.1, 0.15) is 12.8 Å². The monoisotopic (exact) mass is 549 g/mol. The molecular weight excluding hydrogens is 522 g/mol. The molecule has 5 rings (SSSR count). The van der Waals surface area contributed by atoms with E-state index >= 15 is 0 Å². The number of aromatic nitrogens is 3. The minimum Gasteiger partial charge on any atom is -0.497 e. The van der Waals surface area contributed by atoms with Crippen molar-refractivity contribution < 1.29 is 17.9 Å². The number of ether oxygens (including phenoxy) is 1. The molecule has 0 unspecified atom stereocenters. The van der Waals surface area contributed by atoms with Crippen molar-refractivity contribution in [1.82, 2.24) is 19.1 Å². The molecule has 2 heterocycles. The molecule has 9 nitrogen and oxygen atoms in total. The van der Waals surface area contributed by atoms with Gasteiger partial charge in [0.25, 0.3) is 0 Å². The average Bonchev–Trinajstić information content (AvgIpc) is 3.64. The van der Waals surface area contributed by atoms with Crippen LogP contribution in [-0.2, 0) is 14.8 Å². The highest BCUT2D eigenvalue weighted by Crippen LogP contribution is 2.30. The Morgan fingerprint density at radius 2 is 1.71 bits per heavy atom. The first-order valence-corrected chi connectivity index (χ1v) is 14.6. The van der Waals surface area contributed by atoms with Gasteiger partial charge in [0.15, 0.2) is 11.0 Å². The fraction of sp³-hybridized carbons (Fsp3) is 0.222. The van der Waals surface area contributed by atoms with Crippen molar-refractivity contribution in [3.05, 3.63) is 78.9 Å². The van der Waals surface area contributed by atoms with Gasteiger partial charge in [-0.3, -0.25) is 9.36 Å². The number of para-hydroxylation sites is 1. The molecule has 0 bridgehead atoms. The number of carbonyl (C=O) groups excluding carboxylic acids is 1. The molecule has 4 aromatic rings. The van der Waals surface area contributed by atoms with E-state index in [-0.39, 0.29) is 16.6 Å². The molecule has 0 spiro atoms. The van der Waals surface area contributed by atoms with Gasteiger partial charge < -0.3 is 10.1 Å². The summed E-state index contributed by atoms with van der Waals surface area (Å²) in [4.78, 5) is 12.9. The van der Waals surface area contributed by atoms with E-state index in [1.165, 1.54) is 16.1 Å². The molecule has 3 aromatic carbocycles. The summed E-state index contributed by atoms with van der Waals surface area (Å²) in [6.07, 6.45) is 1.74. The van der Waals surface area contributed by atoms with Crippen molar-refractivity contribution in [3.8, 4) is 22.8 Å².